The van der Waals surface area contributed by atoms with Crippen molar-refractivity contribution >= 4 is 22.9 Å². The number of halogens is 1. The van der Waals surface area contributed by atoms with Crippen LogP contribution in [0.4, 0.5) is 0 Å². The zero-order valence-electron chi connectivity index (χ0n) is 9.81. The molecule has 0 radical (unpaired) electrons. The lowest BCUT2D eigenvalue weighted by atomic mass is 10.3. The Bertz CT molecular complexity index is 589. The zero-order valence-corrected chi connectivity index (χ0v) is 11.4. The average molecular weight is 279 g/mol. The van der Waals surface area contributed by atoms with Gasteiger partial charge in [-0.15, -0.1) is 11.3 Å². The fourth-order valence-electron chi connectivity index (χ4n) is 1.49. The number of aromatic nitrogens is 1. The molecule has 0 aliphatic heterocycles. The van der Waals surface area contributed by atoms with Gasteiger partial charge in [0.15, 0.2) is 0 Å². The second-order valence-corrected chi connectivity index (χ2v) is 5.25. The van der Waals surface area contributed by atoms with Crippen molar-refractivity contribution in [1.29, 1.82) is 5.26 Å². The molecular formula is C13H11ClN2OS. The Hall–Kier alpha value is -1.57. The highest BCUT2D eigenvalue weighted by atomic mass is 35.5. The number of benzene rings is 1. The topological polar surface area (TPSA) is 45.9 Å². The second kappa shape index (κ2) is 5.85. The van der Waals surface area contributed by atoms with Crippen LogP contribution in [0, 0.1) is 18.3 Å². The zero-order chi connectivity index (χ0) is 13.0. The van der Waals surface area contributed by atoms with E-state index >= 15 is 0 Å². The van der Waals surface area contributed by atoms with Gasteiger partial charge < -0.3 is 4.74 Å². The summed E-state index contributed by atoms with van der Waals surface area (Å²) < 4.78 is 5.60. The van der Waals surface area contributed by atoms with Crippen LogP contribution < -0.4 is 4.74 Å². The van der Waals surface area contributed by atoms with E-state index in [0.29, 0.717) is 23.8 Å². The normalized spacial score (nSPS) is 10.1. The Morgan fingerprint density at radius 1 is 1.44 bits per heavy atom. The molecule has 5 heteroatoms. The molecule has 0 aliphatic rings. The Labute approximate surface area is 115 Å². The lowest BCUT2D eigenvalue weighted by Crippen LogP contribution is -1.95. The van der Waals surface area contributed by atoms with Crippen LogP contribution in [0.3, 0.4) is 0 Å². The van der Waals surface area contributed by atoms with Crippen LogP contribution >= 0.6 is 22.9 Å². The molecule has 0 spiro atoms. The summed E-state index contributed by atoms with van der Waals surface area (Å²) in [5, 5.41) is 10.1. The van der Waals surface area contributed by atoms with Crippen molar-refractivity contribution in [2.75, 3.05) is 0 Å². The van der Waals surface area contributed by atoms with E-state index in [-0.39, 0.29) is 0 Å². The largest absolute Gasteiger partial charge is 0.485 e. The van der Waals surface area contributed by atoms with Crippen molar-refractivity contribution in [2.45, 2.75) is 20.0 Å². The van der Waals surface area contributed by atoms with Crippen molar-refractivity contribution < 1.29 is 4.74 Å². The van der Waals surface area contributed by atoms with E-state index in [9.17, 15) is 0 Å². The van der Waals surface area contributed by atoms with E-state index in [0.717, 1.165) is 15.6 Å². The average Bonchev–Trinajstić information content (AvgIpc) is 2.70. The summed E-state index contributed by atoms with van der Waals surface area (Å²) in [6, 6.07) is 9.46. The molecule has 0 saturated heterocycles. The minimum Gasteiger partial charge on any atom is -0.485 e. The fourth-order valence-corrected chi connectivity index (χ4v) is 2.59. The van der Waals surface area contributed by atoms with E-state index in [1.165, 1.54) is 11.3 Å². The van der Waals surface area contributed by atoms with E-state index in [1.807, 2.05) is 25.1 Å². The van der Waals surface area contributed by atoms with Gasteiger partial charge in [-0.2, -0.15) is 5.26 Å². The Morgan fingerprint density at radius 2 is 2.22 bits per heavy atom. The van der Waals surface area contributed by atoms with Crippen LogP contribution in [0.25, 0.3) is 0 Å². The maximum Gasteiger partial charge on any atom is 0.140 e. The summed E-state index contributed by atoms with van der Waals surface area (Å²) in [5.74, 6) is 0.647. The Balaban J connectivity index is 2.05. The number of thiazole rings is 1. The number of nitriles is 1. The molecule has 0 fully saturated rings. The quantitative estimate of drug-likeness (QED) is 0.856. The first-order valence-corrected chi connectivity index (χ1v) is 6.59. The predicted octanol–water partition coefficient (Wildman–Crippen LogP) is 3.75. The molecule has 92 valence electrons. The molecule has 0 atom stereocenters. The van der Waals surface area contributed by atoms with Gasteiger partial charge in [0, 0.05) is 4.88 Å². The van der Waals surface area contributed by atoms with Gasteiger partial charge in [-0.3, -0.25) is 0 Å². The van der Waals surface area contributed by atoms with Crippen molar-refractivity contribution in [3.8, 4) is 11.8 Å². The molecule has 1 heterocycles. The summed E-state index contributed by atoms with van der Waals surface area (Å²) >= 11 is 7.50. The number of rotatable bonds is 4. The molecule has 3 nitrogen and oxygen atoms in total. The van der Waals surface area contributed by atoms with Crippen molar-refractivity contribution in [3.63, 3.8) is 0 Å². The summed E-state index contributed by atoms with van der Waals surface area (Å²) in [6.07, 6.45) is 0.398. The summed E-state index contributed by atoms with van der Waals surface area (Å²) in [6.45, 7) is 2.28. The number of para-hydroxylation sites is 1. The summed E-state index contributed by atoms with van der Waals surface area (Å²) in [5.41, 5.74) is 0.902. The third-order valence-corrected chi connectivity index (χ3v) is 3.81. The smallest absolute Gasteiger partial charge is 0.140 e. The first-order valence-electron chi connectivity index (χ1n) is 5.40. The molecule has 0 aliphatic carbocycles. The SMILES string of the molecule is Cc1nc(COc2ccccc2Cl)sc1CC#N. The van der Waals surface area contributed by atoms with Crippen LogP contribution in [0.15, 0.2) is 24.3 Å². The number of hydrogen-bond acceptors (Lipinski definition) is 4. The maximum atomic E-state index is 8.68. The van der Waals surface area contributed by atoms with Crippen LogP contribution in [0.1, 0.15) is 15.6 Å². The number of ether oxygens (including phenoxy) is 1. The van der Waals surface area contributed by atoms with Crippen LogP contribution in [0.5, 0.6) is 5.75 Å². The fraction of sp³-hybridized carbons (Fsp3) is 0.231. The molecular weight excluding hydrogens is 268 g/mol. The first kappa shape index (κ1) is 12.9. The Morgan fingerprint density at radius 3 is 2.94 bits per heavy atom. The monoisotopic (exact) mass is 278 g/mol. The second-order valence-electron chi connectivity index (χ2n) is 3.67. The molecule has 2 aromatic rings. The summed E-state index contributed by atoms with van der Waals surface area (Å²) in [4.78, 5) is 5.37. The van der Waals surface area contributed by atoms with Gasteiger partial charge in [0.25, 0.3) is 0 Å². The summed E-state index contributed by atoms with van der Waals surface area (Å²) in [7, 11) is 0. The first-order chi connectivity index (χ1) is 8.70. The molecule has 0 unspecified atom stereocenters. The molecule has 0 N–H and O–H groups in total. The number of aryl methyl sites for hydroxylation is 1. The van der Waals surface area contributed by atoms with Crippen molar-refractivity contribution in [1.82, 2.24) is 4.98 Å². The van der Waals surface area contributed by atoms with Crippen molar-refractivity contribution in [2.24, 2.45) is 0 Å². The highest BCUT2D eigenvalue weighted by Gasteiger charge is 2.08. The minimum absolute atomic E-state index is 0.376. The highest BCUT2D eigenvalue weighted by molar-refractivity contribution is 7.11. The standard InChI is InChI=1S/C13H11ClN2OS/c1-9-12(6-7-15)18-13(16-9)8-17-11-5-3-2-4-10(11)14/h2-5H,6,8H2,1H3. The highest BCUT2D eigenvalue weighted by Crippen LogP contribution is 2.25. The van der Waals surface area contributed by atoms with Gasteiger partial charge in [-0.25, -0.2) is 4.98 Å². The molecule has 1 aromatic heterocycles. The predicted molar refractivity (Wildman–Crippen MR) is 72.0 cm³/mol. The van der Waals surface area contributed by atoms with E-state index in [4.69, 9.17) is 21.6 Å². The third kappa shape index (κ3) is 3.00. The molecule has 18 heavy (non-hydrogen) atoms. The van der Waals surface area contributed by atoms with Crippen LogP contribution in [0.2, 0.25) is 5.02 Å². The van der Waals surface area contributed by atoms with Gasteiger partial charge in [-0.1, -0.05) is 23.7 Å². The van der Waals surface area contributed by atoms with Gasteiger partial charge in [0.2, 0.25) is 0 Å². The number of hydrogen-bond donors (Lipinski definition) is 0. The van der Waals surface area contributed by atoms with E-state index < -0.39 is 0 Å². The van der Waals surface area contributed by atoms with E-state index in [1.54, 1.807) is 6.07 Å². The molecule has 1 aromatic carbocycles. The Kier molecular flexibility index (Phi) is 4.19. The number of nitrogens with zero attached hydrogens (tertiary/aromatic N) is 2. The van der Waals surface area contributed by atoms with Crippen LogP contribution in [-0.2, 0) is 13.0 Å². The van der Waals surface area contributed by atoms with Gasteiger partial charge in [0.05, 0.1) is 23.2 Å². The molecule has 0 amide bonds. The van der Waals surface area contributed by atoms with E-state index in [2.05, 4.69) is 11.1 Å². The maximum absolute atomic E-state index is 8.68. The minimum atomic E-state index is 0.376. The van der Waals surface area contributed by atoms with Gasteiger partial charge in [0.1, 0.15) is 17.4 Å². The van der Waals surface area contributed by atoms with Gasteiger partial charge in [-0.05, 0) is 19.1 Å². The molecule has 0 bridgehead atoms. The molecule has 0 saturated carbocycles. The van der Waals surface area contributed by atoms with Crippen molar-refractivity contribution in [3.05, 3.63) is 44.9 Å². The molecule has 2 rings (SSSR count). The lowest BCUT2D eigenvalue weighted by Gasteiger charge is -2.05. The lowest BCUT2D eigenvalue weighted by molar-refractivity contribution is 0.305. The van der Waals surface area contributed by atoms with Crippen LogP contribution in [-0.4, -0.2) is 4.98 Å². The van der Waals surface area contributed by atoms with Gasteiger partial charge >= 0.3 is 0 Å². The third-order valence-electron chi connectivity index (χ3n) is 2.36.